The molecule has 0 bridgehead atoms. The number of aliphatic hydroxyl groups excluding tert-OH is 1. The van der Waals surface area contributed by atoms with Crippen molar-refractivity contribution in [1.29, 1.82) is 0 Å². The third kappa shape index (κ3) is 39.9. The van der Waals surface area contributed by atoms with Crippen LogP contribution in [0.2, 0.25) is 0 Å². The first kappa shape index (κ1) is 46.6. The van der Waals surface area contributed by atoms with Crippen molar-refractivity contribution in [2.45, 2.75) is 174 Å². The molecular formula is C45H76O4. The second kappa shape index (κ2) is 41.7. The minimum Gasteiger partial charge on any atom is -0.457 e. The summed E-state index contributed by atoms with van der Waals surface area (Å²) in [6.07, 6.45) is 57.7. The monoisotopic (exact) mass is 681 g/mol. The van der Waals surface area contributed by atoms with Gasteiger partial charge in [0, 0.05) is 13.0 Å². The van der Waals surface area contributed by atoms with Gasteiger partial charge in [0.05, 0.1) is 13.2 Å². The van der Waals surface area contributed by atoms with Crippen molar-refractivity contribution in [3.8, 4) is 0 Å². The SMILES string of the molecule is CC/C=C\C/C=C\C/C=C\C/C=C\CCCCCCC(=O)OC(CO)COCCCCCCCCC/C=C\C/C=C\C/C=C\CCCCC. The molecule has 0 radical (unpaired) electrons. The Balaban J connectivity index is 3.54. The standard InChI is InChI=1S/C45H76O4/c1-3-5-7-9-11-13-15-17-19-21-22-23-25-27-29-31-33-35-37-39-41-48-43-44(42-46)49-45(47)40-38-36-34-32-30-28-26-24-20-18-16-14-12-10-8-6-4-2/h6,8,11-14,17-20,22-23,26,28,44,46H,3-5,7,9-10,15-16,21,24-25,27,29-43H2,1-2H3/b8-6-,13-11-,14-12-,19-17-,20-18-,23-22-,28-26-. The third-order valence-electron chi connectivity index (χ3n) is 8.20. The minimum atomic E-state index is -0.557. The summed E-state index contributed by atoms with van der Waals surface area (Å²) >= 11 is 0. The highest BCUT2D eigenvalue weighted by molar-refractivity contribution is 5.69. The van der Waals surface area contributed by atoms with Crippen molar-refractivity contribution in [3.05, 3.63) is 85.1 Å². The summed E-state index contributed by atoms with van der Waals surface area (Å²) in [6, 6.07) is 0. The van der Waals surface area contributed by atoms with Crippen LogP contribution in [0.1, 0.15) is 168 Å². The number of esters is 1. The van der Waals surface area contributed by atoms with Gasteiger partial charge in [-0.15, -0.1) is 0 Å². The molecule has 0 aliphatic carbocycles. The molecule has 0 saturated heterocycles. The molecule has 0 amide bonds. The Hall–Kier alpha value is -2.43. The fraction of sp³-hybridized carbons (Fsp3) is 0.667. The van der Waals surface area contributed by atoms with Crippen LogP contribution in [0, 0.1) is 0 Å². The van der Waals surface area contributed by atoms with E-state index in [0.717, 1.165) is 83.5 Å². The predicted molar refractivity (Wildman–Crippen MR) is 214 cm³/mol. The van der Waals surface area contributed by atoms with Crippen LogP contribution in [0.25, 0.3) is 0 Å². The van der Waals surface area contributed by atoms with Gasteiger partial charge in [-0.2, -0.15) is 0 Å². The third-order valence-corrected chi connectivity index (χ3v) is 8.20. The molecule has 0 aliphatic heterocycles. The van der Waals surface area contributed by atoms with Gasteiger partial charge in [-0.25, -0.2) is 0 Å². The molecule has 0 aromatic heterocycles. The second-order valence-corrected chi connectivity index (χ2v) is 13.0. The van der Waals surface area contributed by atoms with Gasteiger partial charge in [-0.05, 0) is 89.9 Å². The van der Waals surface area contributed by atoms with Gasteiger partial charge in [0.2, 0.25) is 0 Å². The molecule has 280 valence electrons. The van der Waals surface area contributed by atoms with Gasteiger partial charge in [-0.1, -0.05) is 157 Å². The molecule has 1 unspecified atom stereocenters. The van der Waals surface area contributed by atoms with Crippen LogP contribution in [0.5, 0.6) is 0 Å². The quantitative estimate of drug-likeness (QED) is 0.0406. The van der Waals surface area contributed by atoms with Crippen molar-refractivity contribution in [2.24, 2.45) is 0 Å². The van der Waals surface area contributed by atoms with E-state index in [2.05, 4.69) is 98.9 Å². The smallest absolute Gasteiger partial charge is 0.306 e. The van der Waals surface area contributed by atoms with Crippen molar-refractivity contribution in [1.82, 2.24) is 0 Å². The van der Waals surface area contributed by atoms with E-state index in [-0.39, 0.29) is 19.2 Å². The lowest BCUT2D eigenvalue weighted by Crippen LogP contribution is -2.27. The Bertz CT molecular complexity index is 892. The van der Waals surface area contributed by atoms with E-state index in [1.165, 1.54) is 64.2 Å². The number of hydrogen-bond acceptors (Lipinski definition) is 4. The van der Waals surface area contributed by atoms with E-state index >= 15 is 0 Å². The summed E-state index contributed by atoms with van der Waals surface area (Å²) in [5.41, 5.74) is 0. The maximum Gasteiger partial charge on any atom is 0.306 e. The molecule has 0 aromatic rings. The number of aliphatic hydroxyl groups is 1. The average molecular weight is 681 g/mol. The molecule has 49 heavy (non-hydrogen) atoms. The van der Waals surface area contributed by atoms with E-state index < -0.39 is 6.10 Å². The van der Waals surface area contributed by atoms with E-state index in [1.807, 2.05) is 0 Å². The second-order valence-electron chi connectivity index (χ2n) is 13.0. The van der Waals surface area contributed by atoms with Gasteiger partial charge >= 0.3 is 5.97 Å². The van der Waals surface area contributed by atoms with Gasteiger partial charge < -0.3 is 14.6 Å². The van der Waals surface area contributed by atoms with E-state index in [0.29, 0.717) is 13.0 Å². The highest BCUT2D eigenvalue weighted by Crippen LogP contribution is 2.11. The summed E-state index contributed by atoms with van der Waals surface area (Å²) < 4.78 is 11.1. The van der Waals surface area contributed by atoms with Crippen molar-refractivity contribution < 1.29 is 19.4 Å². The average Bonchev–Trinajstić information content (AvgIpc) is 3.11. The van der Waals surface area contributed by atoms with Crippen LogP contribution < -0.4 is 0 Å². The lowest BCUT2D eigenvalue weighted by Gasteiger charge is -2.15. The number of ether oxygens (including phenoxy) is 2. The molecule has 0 aromatic carbocycles. The summed E-state index contributed by atoms with van der Waals surface area (Å²) in [7, 11) is 0. The van der Waals surface area contributed by atoms with Crippen molar-refractivity contribution in [2.75, 3.05) is 19.8 Å². The van der Waals surface area contributed by atoms with Crippen molar-refractivity contribution >= 4 is 5.97 Å². The van der Waals surface area contributed by atoms with Crippen LogP contribution in [-0.4, -0.2) is 37.0 Å². The number of rotatable bonds is 36. The maximum atomic E-state index is 12.2. The number of allylic oxidation sites excluding steroid dienone is 14. The lowest BCUT2D eigenvalue weighted by molar-refractivity contribution is -0.154. The zero-order chi connectivity index (χ0) is 35.6. The van der Waals surface area contributed by atoms with E-state index in [1.54, 1.807) is 0 Å². The first-order chi connectivity index (χ1) is 24.2. The molecule has 1 N–H and O–H groups in total. The maximum absolute atomic E-state index is 12.2. The van der Waals surface area contributed by atoms with Crippen LogP contribution in [0.15, 0.2) is 85.1 Å². The topological polar surface area (TPSA) is 55.8 Å². The first-order valence-electron chi connectivity index (χ1n) is 20.2. The zero-order valence-corrected chi connectivity index (χ0v) is 31.9. The van der Waals surface area contributed by atoms with Gasteiger partial charge in [-0.3, -0.25) is 4.79 Å². The molecule has 1 atom stereocenters. The molecular weight excluding hydrogens is 604 g/mol. The molecule has 0 aliphatic rings. The number of hydrogen-bond donors (Lipinski definition) is 1. The van der Waals surface area contributed by atoms with Crippen LogP contribution >= 0.6 is 0 Å². The summed E-state index contributed by atoms with van der Waals surface area (Å²) in [4.78, 5) is 12.2. The largest absolute Gasteiger partial charge is 0.457 e. The fourth-order valence-electron chi connectivity index (χ4n) is 5.21. The highest BCUT2D eigenvalue weighted by atomic mass is 16.6. The van der Waals surface area contributed by atoms with E-state index in [4.69, 9.17) is 9.47 Å². The lowest BCUT2D eigenvalue weighted by atomic mass is 10.1. The van der Waals surface area contributed by atoms with Gasteiger partial charge in [0.25, 0.3) is 0 Å². The molecule has 0 fully saturated rings. The molecule has 4 nitrogen and oxygen atoms in total. The number of carbonyl (C=O) groups excluding carboxylic acids is 1. The normalized spacial score (nSPS) is 13.3. The van der Waals surface area contributed by atoms with Crippen molar-refractivity contribution in [3.63, 3.8) is 0 Å². The minimum absolute atomic E-state index is 0.191. The van der Waals surface area contributed by atoms with Crippen LogP contribution in [0.4, 0.5) is 0 Å². The Morgan fingerprint density at radius 3 is 1.39 bits per heavy atom. The molecule has 0 saturated carbocycles. The molecule has 0 heterocycles. The number of unbranched alkanes of at least 4 members (excludes halogenated alkanes) is 14. The van der Waals surface area contributed by atoms with Crippen LogP contribution in [0.3, 0.4) is 0 Å². The Labute approximate surface area is 303 Å². The Morgan fingerprint density at radius 2 is 0.918 bits per heavy atom. The van der Waals surface area contributed by atoms with Crippen LogP contribution in [-0.2, 0) is 14.3 Å². The molecule has 0 rings (SSSR count). The number of carbonyl (C=O) groups is 1. The molecule has 4 heteroatoms. The highest BCUT2D eigenvalue weighted by Gasteiger charge is 2.13. The van der Waals surface area contributed by atoms with Gasteiger partial charge in [0.1, 0.15) is 6.10 Å². The summed E-state index contributed by atoms with van der Waals surface area (Å²) in [6.45, 7) is 5.14. The van der Waals surface area contributed by atoms with E-state index in [9.17, 15) is 9.90 Å². The zero-order valence-electron chi connectivity index (χ0n) is 31.9. The van der Waals surface area contributed by atoms with Gasteiger partial charge in [0.15, 0.2) is 0 Å². The predicted octanol–water partition coefficient (Wildman–Crippen LogP) is 13.2. The Kier molecular flexibility index (Phi) is 39.7. The summed E-state index contributed by atoms with van der Waals surface area (Å²) in [5, 5.41) is 9.58. The fourth-order valence-corrected chi connectivity index (χ4v) is 5.21. The molecule has 0 spiro atoms. The summed E-state index contributed by atoms with van der Waals surface area (Å²) in [5.74, 6) is -0.231. The first-order valence-corrected chi connectivity index (χ1v) is 20.2. The Morgan fingerprint density at radius 1 is 0.510 bits per heavy atom.